The molecule has 0 fully saturated rings. The maximum Gasteiger partial charge on any atom is 0.387 e. The highest BCUT2D eigenvalue weighted by atomic mass is 19.3. The first-order valence-corrected chi connectivity index (χ1v) is 6.71. The van der Waals surface area contributed by atoms with Gasteiger partial charge in [-0.1, -0.05) is 0 Å². The van der Waals surface area contributed by atoms with Gasteiger partial charge in [-0.25, -0.2) is 0 Å². The summed E-state index contributed by atoms with van der Waals surface area (Å²) in [6, 6.07) is 5.90. The van der Waals surface area contributed by atoms with Crippen LogP contribution in [0.15, 0.2) is 18.2 Å². The number of rotatable bonds is 7. The topological polar surface area (TPSA) is 62.6 Å². The van der Waals surface area contributed by atoms with Crippen LogP contribution < -0.4 is 9.47 Å². The lowest BCUT2D eigenvalue weighted by molar-refractivity contribution is -0.0512. The van der Waals surface area contributed by atoms with Gasteiger partial charge < -0.3 is 14.4 Å². The largest absolute Gasteiger partial charge is 0.493 e. The van der Waals surface area contributed by atoms with Gasteiger partial charge >= 0.3 is 6.61 Å². The van der Waals surface area contributed by atoms with Crippen LogP contribution in [0.3, 0.4) is 0 Å². The molecule has 0 unspecified atom stereocenters. The molecule has 7 heteroatoms. The van der Waals surface area contributed by atoms with E-state index in [0.29, 0.717) is 6.54 Å². The molecule has 0 bridgehead atoms. The fourth-order valence-electron chi connectivity index (χ4n) is 1.92. The summed E-state index contributed by atoms with van der Waals surface area (Å²) in [6.07, 6.45) is 0.216. The van der Waals surface area contributed by atoms with Crippen molar-refractivity contribution in [2.24, 2.45) is 0 Å². The lowest BCUT2D eigenvalue weighted by Gasteiger charge is -2.26. The van der Waals surface area contributed by atoms with E-state index >= 15 is 0 Å². The highest BCUT2D eigenvalue weighted by Crippen LogP contribution is 2.30. The number of amides is 1. The zero-order valence-electron chi connectivity index (χ0n) is 12.7. The Balaban J connectivity index is 3.04. The van der Waals surface area contributed by atoms with Gasteiger partial charge in [0.2, 0.25) is 0 Å². The van der Waals surface area contributed by atoms with Crippen LogP contribution in [0.2, 0.25) is 0 Å². The fourth-order valence-corrected chi connectivity index (χ4v) is 1.92. The van der Waals surface area contributed by atoms with E-state index in [-0.39, 0.29) is 35.4 Å². The van der Waals surface area contributed by atoms with Crippen molar-refractivity contribution in [1.82, 2.24) is 4.90 Å². The number of carbonyl (C=O) groups excluding carboxylic acids is 1. The van der Waals surface area contributed by atoms with Crippen molar-refractivity contribution >= 4 is 5.91 Å². The second-order valence-corrected chi connectivity index (χ2v) is 4.74. The molecule has 0 spiro atoms. The van der Waals surface area contributed by atoms with Gasteiger partial charge in [0.05, 0.1) is 19.6 Å². The van der Waals surface area contributed by atoms with Crippen LogP contribution in [0, 0.1) is 11.3 Å². The summed E-state index contributed by atoms with van der Waals surface area (Å²) >= 11 is 0. The lowest BCUT2D eigenvalue weighted by Crippen LogP contribution is -2.37. The summed E-state index contributed by atoms with van der Waals surface area (Å²) < 4.78 is 33.9. The van der Waals surface area contributed by atoms with Gasteiger partial charge in [-0.05, 0) is 32.0 Å². The highest BCUT2D eigenvalue weighted by molar-refractivity contribution is 5.95. The number of methoxy groups -OCH3 is 1. The second-order valence-electron chi connectivity index (χ2n) is 4.74. The third kappa shape index (κ3) is 4.58. The summed E-state index contributed by atoms with van der Waals surface area (Å²) in [7, 11) is 1.30. The number of ether oxygens (including phenoxy) is 2. The summed E-state index contributed by atoms with van der Waals surface area (Å²) in [6.45, 7) is 0.991. The van der Waals surface area contributed by atoms with Gasteiger partial charge in [0.25, 0.3) is 5.91 Å². The normalized spacial score (nSPS) is 10.5. The monoisotopic (exact) mass is 312 g/mol. The van der Waals surface area contributed by atoms with Crippen molar-refractivity contribution in [3.63, 3.8) is 0 Å². The van der Waals surface area contributed by atoms with Gasteiger partial charge in [-0.3, -0.25) is 4.79 Å². The molecule has 1 amide bonds. The number of benzene rings is 1. The molecule has 0 N–H and O–H groups in total. The van der Waals surface area contributed by atoms with E-state index in [1.807, 2.05) is 19.9 Å². The number of nitrogens with zero attached hydrogens (tertiary/aromatic N) is 2. The standard InChI is InChI=1S/C15H18F2N2O3/c1-10(2)19(8-4-7-18)14(20)11-5-6-12(22-15(16)17)13(9-11)21-3/h5-6,9-10,15H,4,8H2,1-3H3. The van der Waals surface area contributed by atoms with E-state index in [4.69, 9.17) is 10.00 Å². The van der Waals surface area contributed by atoms with Crippen LogP contribution in [0.5, 0.6) is 11.5 Å². The first kappa shape index (κ1) is 17.7. The number of carbonyl (C=O) groups is 1. The van der Waals surface area contributed by atoms with Gasteiger partial charge in [0.15, 0.2) is 11.5 Å². The van der Waals surface area contributed by atoms with Crippen LogP contribution in [-0.2, 0) is 0 Å². The molecule has 1 aromatic carbocycles. The van der Waals surface area contributed by atoms with E-state index in [1.165, 1.54) is 30.2 Å². The fraction of sp³-hybridized carbons (Fsp3) is 0.467. The Kier molecular flexibility index (Phi) is 6.57. The van der Waals surface area contributed by atoms with Gasteiger partial charge in [-0.2, -0.15) is 14.0 Å². The molecule has 0 aliphatic heterocycles. The van der Waals surface area contributed by atoms with Crippen LogP contribution in [0.25, 0.3) is 0 Å². The zero-order chi connectivity index (χ0) is 16.7. The van der Waals surface area contributed by atoms with Crippen molar-refractivity contribution < 1.29 is 23.0 Å². The van der Waals surface area contributed by atoms with Gasteiger partial charge in [0, 0.05) is 18.2 Å². The minimum atomic E-state index is -2.97. The van der Waals surface area contributed by atoms with E-state index < -0.39 is 6.61 Å². The smallest absolute Gasteiger partial charge is 0.387 e. The summed E-state index contributed by atoms with van der Waals surface area (Å²) in [5.74, 6) is -0.385. The molecule has 0 radical (unpaired) electrons. The number of nitriles is 1. The Morgan fingerprint density at radius 1 is 1.36 bits per heavy atom. The Hall–Kier alpha value is -2.36. The highest BCUT2D eigenvalue weighted by Gasteiger charge is 2.20. The van der Waals surface area contributed by atoms with Crippen molar-refractivity contribution in [3.05, 3.63) is 23.8 Å². The van der Waals surface area contributed by atoms with Gasteiger partial charge in [0.1, 0.15) is 0 Å². The van der Waals surface area contributed by atoms with E-state index in [0.717, 1.165) is 0 Å². The third-order valence-corrected chi connectivity index (χ3v) is 2.98. The second kappa shape index (κ2) is 8.17. The molecule has 22 heavy (non-hydrogen) atoms. The molecule has 0 aromatic heterocycles. The van der Waals surface area contributed by atoms with Crippen molar-refractivity contribution in [2.45, 2.75) is 32.9 Å². The summed E-state index contributed by atoms with van der Waals surface area (Å²) in [4.78, 5) is 14.0. The minimum Gasteiger partial charge on any atom is -0.493 e. The third-order valence-electron chi connectivity index (χ3n) is 2.98. The molecule has 0 saturated carbocycles. The summed E-state index contributed by atoms with van der Waals surface area (Å²) in [5.41, 5.74) is 0.283. The average Bonchev–Trinajstić information content (AvgIpc) is 2.46. The van der Waals surface area contributed by atoms with Crippen LogP contribution in [0.4, 0.5) is 8.78 Å². The number of halogens is 2. The maximum atomic E-state index is 12.5. The lowest BCUT2D eigenvalue weighted by atomic mass is 10.1. The quantitative estimate of drug-likeness (QED) is 0.776. The number of hydrogen-bond donors (Lipinski definition) is 0. The first-order valence-electron chi connectivity index (χ1n) is 6.71. The Labute approximate surface area is 128 Å². The Bertz CT molecular complexity index is 556. The predicted octanol–water partition coefficient (Wildman–Crippen LogP) is 3.06. The number of hydrogen-bond acceptors (Lipinski definition) is 4. The molecule has 5 nitrogen and oxygen atoms in total. The first-order chi connectivity index (χ1) is 10.4. The zero-order valence-corrected chi connectivity index (χ0v) is 12.7. The molecule has 1 rings (SSSR count). The molecular weight excluding hydrogens is 294 g/mol. The van der Waals surface area contributed by atoms with Crippen LogP contribution >= 0.6 is 0 Å². The Morgan fingerprint density at radius 2 is 2.05 bits per heavy atom. The molecule has 0 heterocycles. The van der Waals surface area contributed by atoms with E-state index in [9.17, 15) is 13.6 Å². The van der Waals surface area contributed by atoms with Gasteiger partial charge in [-0.15, -0.1) is 0 Å². The van der Waals surface area contributed by atoms with Crippen molar-refractivity contribution in [2.75, 3.05) is 13.7 Å². The Morgan fingerprint density at radius 3 is 2.55 bits per heavy atom. The molecule has 0 atom stereocenters. The predicted molar refractivity (Wildman–Crippen MR) is 76.0 cm³/mol. The van der Waals surface area contributed by atoms with Crippen LogP contribution in [0.1, 0.15) is 30.6 Å². The average molecular weight is 312 g/mol. The SMILES string of the molecule is COc1cc(C(=O)N(CCC#N)C(C)C)ccc1OC(F)F. The van der Waals surface area contributed by atoms with Crippen LogP contribution in [-0.4, -0.2) is 37.1 Å². The van der Waals surface area contributed by atoms with E-state index in [2.05, 4.69) is 4.74 Å². The minimum absolute atomic E-state index is 0.0511. The molecule has 1 aromatic rings. The van der Waals surface area contributed by atoms with Crippen molar-refractivity contribution in [1.29, 1.82) is 5.26 Å². The molecule has 0 saturated heterocycles. The number of alkyl halides is 2. The summed E-state index contributed by atoms with van der Waals surface area (Å²) in [5, 5.41) is 8.66. The maximum absolute atomic E-state index is 12.5. The van der Waals surface area contributed by atoms with E-state index in [1.54, 1.807) is 0 Å². The molecule has 120 valence electrons. The molecule has 0 aliphatic carbocycles. The molecule has 0 aliphatic rings. The van der Waals surface area contributed by atoms with Crippen molar-refractivity contribution in [3.8, 4) is 17.6 Å². The molecular formula is C15H18F2N2O3.